The van der Waals surface area contributed by atoms with Crippen LogP contribution in [-0.4, -0.2) is 24.5 Å². The third kappa shape index (κ3) is 7.10. The van der Waals surface area contributed by atoms with Gasteiger partial charge in [0.25, 0.3) is 11.8 Å². The number of benzene rings is 2. The molecule has 0 aromatic heterocycles. The van der Waals surface area contributed by atoms with Gasteiger partial charge in [-0.2, -0.15) is 0 Å². The summed E-state index contributed by atoms with van der Waals surface area (Å²) in [4.78, 5) is 24.1. The van der Waals surface area contributed by atoms with E-state index in [1.54, 1.807) is 6.92 Å². The number of nitrogens with one attached hydrogen (secondary N) is 2. The number of amides is 2. The van der Waals surface area contributed by atoms with E-state index in [0.717, 1.165) is 0 Å². The van der Waals surface area contributed by atoms with Crippen molar-refractivity contribution in [3.63, 3.8) is 0 Å². The highest BCUT2D eigenvalue weighted by molar-refractivity contribution is 5.85. The minimum Gasteiger partial charge on any atom is -0.484 e. The van der Waals surface area contributed by atoms with E-state index in [1.807, 2.05) is 48.5 Å². The Morgan fingerprint density at radius 2 is 1.43 bits per heavy atom. The zero-order chi connectivity index (χ0) is 22.3. The Bertz CT molecular complexity index is 837. The lowest BCUT2D eigenvalue weighted by Crippen LogP contribution is -2.48. The third-order valence-corrected chi connectivity index (χ3v) is 4.64. The van der Waals surface area contributed by atoms with Gasteiger partial charge in [-0.05, 0) is 53.6 Å². The van der Waals surface area contributed by atoms with Crippen LogP contribution in [0.1, 0.15) is 58.6 Å². The summed E-state index contributed by atoms with van der Waals surface area (Å²) in [5.74, 6) is 0.696. The third-order valence-electron chi connectivity index (χ3n) is 4.64. The van der Waals surface area contributed by atoms with Gasteiger partial charge in [0.1, 0.15) is 11.5 Å². The molecule has 0 radical (unpaired) electrons. The molecule has 1 atom stereocenters. The predicted octanol–water partition coefficient (Wildman–Crippen LogP) is 4.10. The quantitative estimate of drug-likeness (QED) is 0.671. The molecule has 1 unspecified atom stereocenters. The van der Waals surface area contributed by atoms with Crippen molar-refractivity contribution < 1.29 is 19.1 Å². The highest BCUT2D eigenvalue weighted by Crippen LogP contribution is 2.24. The van der Waals surface area contributed by atoms with Crippen LogP contribution >= 0.6 is 0 Å². The molecule has 2 amide bonds. The molecule has 0 saturated carbocycles. The van der Waals surface area contributed by atoms with Gasteiger partial charge in [-0.3, -0.25) is 20.4 Å². The maximum atomic E-state index is 12.2. The van der Waals surface area contributed by atoms with Crippen LogP contribution in [0.2, 0.25) is 0 Å². The molecule has 0 saturated heterocycles. The fraction of sp³-hybridized carbons (Fsp3) is 0.417. The largest absolute Gasteiger partial charge is 0.484 e. The van der Waals surface area contributed by atoms with E-state index in [-0.39, 0.29) is 12.0 Å². The van der Waals surface area contributed by atoms with E-state index in [0.29, 0.717) is 17.4 Å². The number of hydrazine groups is 1. The first kappa shape index (κ1) is 23.3. The first-order valence-corrected chi connectivity index (χ1v) is 10.1. The average Bonchev–Trinajstić information content (AvgIpc) is 2.70. The van der Waals surface area contributed by atoms with Gasteiger partial charge in [0.15, 0.2) is 12.7 Å². The number of rotatable bonds is 7. The van der Waals surface area contributed by atoms with Gasteiger partial charge in [-0.25, -0.2) is 0 Å². The van der Waals surface area contributed by atoms with Crippen LogP contribution in [0, 0.1) is 0 Å². The molecule has 6 heteroatoms. The molecule has 6 nitrogen and oxygen atoms in total. The first-order chi connectivity index (χ1) is 14.1. The van der Waals surface area contributed by atoms with Gasteiger partial charge in [0.05, 0.1) is 0 Å². The van der Waals surface area contributed by atoms with Crippen molar-refractivity contribution in [2.24, 2.45) is 0 Å². The summed E-state index contributed by atoms with van der Waals surface area (Å²) in [6.07, 6.45) is -0.768. The molecule has 0 heterocycles. The normalized spacial score (nSPS) is 12.2. The Morgan fingerprint density at radius 3 is 1.97 bits per heavy atom. The van der Waals surface area contributed by atoms with Crippen LogP contribution in [0.3, 0.4) is 0 Å². The SMILES string of the molecule is CC(Oc1ccc(C(C)(C)C)cc1)C(=O)NNC(=O)COc1ccc(C(C)C)cc1. The average molecular weight is 413 g/mol. The molecule has 2 N–H and O–H groups in total. The molecule has 0 fully saturated rings. The van der Waals surface area contributed by atoms with E-state index in [2.05, 4.69) is 45.5 Å². The fourth-order valence-electron chi connectivity index (χ4n) is 2.66. The lowest BCUT2D eigenvalue weighted by Gasteiger charge is -2.20. The van der Waals surface area contributed by atoms with Crippen LogP contribution in [0.4, 0.5) is 0 Å². The van der Waals surface area contributed by atoms with Crippen LogP contribution in [0.5, 0.6) is 11.5 Å². The molecule has 2 rings (SSSR count). The zero-order valence-electron chi connectivity index (χ0n) is 18.6. The molecule has 0 aliphatic carbocycles. The maximum absolute atomic E-state index is 12.2. The minimum atomic E-state index is -0.768. The second-order valence-corrected chi connectivity index (χ2v) is 8.58. The van der Waals surface area contributed by atoms with Crippen LogP contribution in [0.15, 0.2) is 48.5 Å². The molecule has 0 aliphatic heterocycles. The summed E-state index contributed by atoms with van der Waals surface area (Å²) in [6.45, 7) is 12.0. The number of carbonyl (C=O) groups is 2. The standard InChI is InChI=1S/C24H32N2O4/c1-16(2)18-7-11-20(12-8-18)29-15-22(27)25-26-23(28)17(3)30-21-13-9-19(10-14-21)24(4,5)6/h7-14,16-17H,15H2,1-6H3,(H,25,27)(H,26,28). The van der Waals surface area contributed by atoms with Crippen molar-refractivity contribution in [3.05, 3.63) is 59.7 Å². The molecule has 2 aromatic carbocycles. The zero-order valence-corrected chi connectivity index (χ0v) is 18.6. The molecule has 30 heavy (non-hydrogen) atoms. The first-order valence-electron chi connectivity index (χ1n) is 10.1. The van der Waals surface area contributed by atoms with Gasteiger partial charge in [-0.1, -0.05) is 58.9 Å². The molecule has 0 bridgehead atoms. The van der Waals surface area contributed by atoms with E-state index in [1.165, 1.54) is 11.1 Å². The van der Waals surface area contributed by atoms with Gasteiger partial charge in [0, 0.05) is 0 Å². The van der Waals surface area contributed by atoms with Crippen molar-refractivity contribution in [2.75, 3.05) is 6.61 Å². The number of ether oxygens (including phenoxy) is 2. The Morgan fingerprint density at radius 1 is 0.867 bits per heavy atom. The van der Waals surface area contributed by atoms with Crippen molar-refractivity contribution in [1.82, 2.24) is 10.9 Å². The number of hydrogen-bond acceptors (Lipinski definition) is 4. The van der Waals surface area contributed by atoms with Gasteiger partial charge < -0.3 is 9.47 Å². The summed E-state index contributed by atoms with van der Waals surface area (Å²) < 4.78 is 11.1. The monoisotopic (exact) mass is 412 g/mol. The maximum Gasteiger partial charge on any atom is 0.279 e. The number of hydrogen-bond donors (Lipinski definition) is 2. The summed E-state index contributed by atoms with van der Waals surface area (Å²) in [5.41, 5.74) is 7.11. The van der Waals surface area contributed by atoms with E-state index in [9.17, 15) is 9.59 Å². The molecule has 0 aliphatic rings. The Kier molecular flexibility index (Phi) is 7.86. The Balaban J connectivity index is 1.75. The minimum absolute atomic E-state index is 0.0460. The van der Waals surface area contributed by atoms with Gasteiger partial charge >= 0.3 is 0 Å². The van der Waals surface area contributed by atoms with Crippen LogP contribution < -0.4 is 20.3 Å². The summed E-state index contributed by atoms with van der Waals surface area (Å²) in [6, 6.07) is 15.2. The summed E-state index contributed by atoms with van der Waals surface area (Å²) >= 11 is 0. The fourth-order valence-corrected chi connectivity index (χ4v) is 2.66. The number of carbonyl (C=O) groups excluding carboxylic acids is 2. The molecule has 0 spiro atoms. The van der Waals surface area contributed by atoms with Crippen molar-refractivity contribution in [3.8, 4) is 11.5 Å². The van der Waals surface area contributed by atoms with E-state index in [4.69, 9.17) is 9.47 Å². The lowest BCUT2D eigenvalue weighted by molar-refractivity contribution is -0.133. The van der Waals surface area contributed by atoms with Crippen molar-refractivity contribution in [2.45, 2.75) is 59.0 Å². The van der Waals surface area contributed by atoms with E-state index >= 15 is 0 Å². The Hall–Kier alpha value is -3.02. The van der Waals surface area contributed by atoms with Crippen LogP contribution in [0.25, 0.3) is 0 Å². The van der Waals surface area contributed by atoms with Crippen molar-refractivity contribution in [1.29, 1.82) is 0 Å². The topological polar surface area (TPSA) is 76.7 Å². The smallest absolute Gasteiger partial charge is 0.279 e. The highest BCUT2D eigenvalue weighted by atomic mass is 16.5. The molecular formula is C24H32N2O4. The Labute approximate surface area is 178 Å². The molecule has 162 valence electrons. The molecule has 2 aromatic rings. The van der Waals surface area contributed by atoms with Crippen molar-refractivity contribution >= 4 is 11.8 Å². The van der Waals surface area contributed by atoms with Crippen LogP contribution in [-0.2, 0) is 15.0 Å². The highest BCUT2D eigenvalue weighted by Gasteiger charge is 2.17. The predicted molar refractivity (Wildman–Crippen MR) is 118 cm³/mol. The lowest BCUT2D eigenvalue weighted by atomic mass is 9.87. The summed E-state index contributed by atoms with van der Waals surface area (Å²) in [5, 5.41) is 0. The second kappa shape index (κ2) is 10.1. The van der Waals surface area contributed by atoms with Gasteiger partial charge in [-0.15, -0.1) is 0 Å². The summed E-state index contributed by atoms with van der Waals surface area (Å²) in [7, 11) is 0. The molecular weight excluding hydrogens is 380 g/mol. The van der Waals surface area contributed by atoms with E-state index < -0.39 is 17.9 Å². The second-order valence-electron chi connectivity index (χ2n) is 8.58. The van der Waals surface area contributed by atoms with Gasteiger partial charge in [0.2, 0.25) is 0 Å².